The molecule has 1 unspecified atom stereocenters. The molecule has 0 amide bonds. The van der Waals surface area contributed by atoms with Gasteiger partial charge in [-0.05, 0) is 63.7 Å². The minimum absolute atomic E-state index is 0.495. The summed E-state index contributed by atoms with van der Waals surface area (Å²) >= 11 is 1.81. The molecule has 5 heteroatoms. The van der Waals surface area contributed by atoms with E-state index in [-0.39, 0.29) is 0 Å². The summed E-state index contributed by atoms with van der Waals surface area (Å²) < 4.78 is 8.98. The van der Waals surface area contributed by atoms with Crippen LogP contribution in [-0.2, 0) is 0 Å². The van der Waals surface area contributed by atoms with Gasteiger partial charge in [0, 0.05) is 42.1 Å². The lowest BCUT2D eigenvalue weighted by atomic mass is 9.98. The van der Waals surface area contributed by atoms with E-state index in [4.69, 9.17) is 14.4 Å². The molecule has 1 N–H and O–H groups in total. The van der Waals surface area contributed by atoms with Crippen LogP contribution in [-0.4, -0.2) is 11.7 Å². The number of nitrogens with one attached hydrogen (secondary N) is 1. The summed E-state index contributed by atoms with van der Waals surface area (Å²) in [4.78, 5) is 10.8. The zero-order valence-corrected chi connectivity index (χ0v) is 31.0. The van der Waals surface area contributed by atoms with Gasteiger partial charge >= 0.3 is 0 Å². The fourth-order valence-electron chi connectivity index (χ4n) is 7.99. The first-order chi connectivity index (χ1) is 27.7. The van der Waals surface area contributed by atoms with Gasteiger partial charge in [0.15, 0.2) is 6.17 Å². The molecule has 0 radical (unpaired) electrons. The van der Waals surface area contributed by atoms with Crippen molar-refractivity contribution in [3.63, 3.8) is 0 Å². The first-order valence-electron chi connectivity index (χ1n) is 18.8. The molecule has 0 fully saturated rings. The second-order valence-electron chi connectivity index (χ2n) is 14.2. The fourth-order valence-corrected chi connectivity index (χ4v) is 9.11. The molecular weight excluding hydrogens is 703 g/mol. The smallest absolute Gasteiger partial charge is 0.170 e. The Morgan fingerprint density at radius 2 is 1.00 bits per heavy atom. The van der Waals surface area contributed by atoms with Crippen molar-refractivity contribution in [2.75, 3.05) is 0 Å². The predicted molar refractivity (Wildman–Crippen MR) is 235 cm³/mol. The summed E-state index contributed by atoms with van der Waals surface area (Å²) in [5, 5.41) is 8.20. The number of para-hydroxylation sites is 2. The molecule has 0 saturated heterocycles. The largest absolute Gasteiger partial charge is 0.455 e. The topological polar surface area (TPSA) is 49.9 Å². The first kappa shape index (κ1) is 32.4. The van der Waals surface area contributed by atoms with Gasteiger partial charge in [-0.25, -0.2) is 9.98 Å². The highest BCUT2D eigenvalue weighted by Crippen LogP contribution is 2.42. The van der Waals surface area contributed by atoms with Crippen molar-refractivity contribution in [2.45, 2.75) is 6.17 Å². The average molecular weight is 736 g/mol. The van der Waals surface area contributed by atoms with Crippen LogP contribution in [0.1, 0.15) is 22.9 Å². The molecule has 264 valence electrons. The van der Waals surface area contributed by atoms with Crippen LogP contribution in [0.5, 0.6) is 0 Å². The maximum Gasteiger partial charge on any atom is 0.170 e. The number of thiophene rings is 1. The minimum atomic E-state index is -0.495. The molecule has 2 aromatic heterocycles. The van der Waals surface area contributed by atoms with Crippen LogP contribution in [0.2, 0.25) is 0 Å². The van der Waals surface area contributed by atoms with Crippen molar-refractivity contribution in [2.24, 2.45) is 9.98 Å². The Labute approximate surface area is 327 Å². The number of rotatable bonds is 6. The number of hydrogen-bond donors (Lipinski definition) is 1. The Morgan fingerprint density at radius 1 is 0.429 bits per heavy atom. The second kappa shape index (κ2) is 13.3. The maximum atomic E-state index is 6.53. The summed E-state index contributed by atoms with van der Waals surface area (Å²) in [5.41, 5.74) is 11.7. The van der Waals surface area contributed by atoms with E-state index in [9.17, 15) is 0 Å². The highest BCUT2D eigenvalue weighted by Gasteiger charge is 2.26. The van der Waals surface area contributed by atoms with Crippen LogP contribution in [0, 0.1) is 0 Å². The zero-order valence-electron chi connectivity index (χ0n) is 30.2. The highest BCUT2D eigenvalue weighted by molar-refractivity contribution is 7.25. The van der Waals surface area contributed by atoms with E-state index in [0.717, 1.165) is 55.9 Å². The van der Waals surface area contributed by atoms with Gasteiger partial charge in [0.25, 0.3) is 0 Å². The standard InChI is InChI=1S/C51H33N3OS/c1-3-11-32(12-4-1)34-21-23-36(24-22-34)38-29-30-45-43(31-38)47-41(17-10-20-46(47)56-45)50-52-49(37-27-25-35(26-28-37)33-13-5-2-6-14-33)53-51(54-50)42-18-9-16-40-39-15-7-8-19-44(39)55-48(40)42/h1-31,50H,(H,52,53,54). The number of hydrogen-bond acceptors (Lipinski definition) is 5. The maximum absolute atomic E-state index is 6.53. The van der Waals surface area contributed by atoms with Gasteiger partial charge in [0.2, 0.25) is 0 Å². The summed E-state index contributed by atoms with van der Waals surface area (Å²) in [6.07, 6.45) is -0.495. The lowest BCUT2D eigenvalue weighted by Gasteiger charge is -2.23. The molecule has 1 atom stereocenters. The van der Waals surface area contributed by atoms with Crippen LogP contribution >= 0.6 is 11.3 Å². The van der Waals surface area contributed by atoms with E-state index in [0.29, 0.717) is 0 Å². The van der Waals surface area contributed by atoms with Crippen molar-refractivity contribution in [1.29, 1.82) is 0 Å². The van der Waals surface area contributed by atoms with Crippen LogP contribution in [0.15, 0.2) is 202 Å². The van der Waals surface area contributed by atoms with Crippen molar-refractivity contribution in [3.8, 4) is 33.4 Å². The van der Waals surface area contributed by atoms with Crippen LogP contribution in [0.3, 0.4) is 0 Å². The molecule has 11 rings (SSSR count). The Kier molecular flexibility index (Phi) is 7.71. The Bertz CT molecular complexity index is 3140. The fraction of sp³-hybridized carbons (Fsp3) is 0.0196. The van der Waals surface area contributed by atoms with Crippen molar-refractivity contribution >= 4 is 65.1 Å². The molecule has 4 nitrogen and oxygen atoms in total. The molecule has 10 aromatic rings. The lowest BCUT2D eigenvalue weighted by molar-refractivity contribution is 0.667. The SMILES string of the molecule is c1ccc(-c2ccc(C3=NC(c4cccc5sc6ccc(-c7ccc(-c8ccccc8)cc7)cc6c45)N=C(c4cccc5c4oc4ccccc45)N3)cc2)cc1. The van der Waals surface area contributed by atoms with Crippen LogP contribution in [0.4, 0.5) is 0 Å². The quantitative estimate of drug-likeness (QED) is 0.185. The Morgan fingerprint density at radius 3 is 1.73 bits per heavy atom. The molecule has 0 saturated carbocycles. The van der Waals surface area contributed by atoms with E-state index in [1.54, 1.807) is 0 Å². The normalized spacial score (nSPS) is 14.2. The number of furan rings is 1. The Hall–Kier alpha value is -7.08. The van der Waals surface area contributed by atoms with Crippen LogP contribution < -0.4 is 5.32 Å². The van der Waals surface area contributed by atoms with Crippen LogP contribution in [0.25, 0.3) is 75.5 Å². The lowest BCUT2D eigenvalue weighted by Crippen LogP contribution is -2.36. The van der Waals surface area contributed by atoms with Gasteiger partial charge in [0.1, 0.15) is 22.8 Å². The molecule has 8 aromatic carbocycles. The number of benzene rings is 8. The van der Waals surface area contributed by atoms with Gasteiger partial charge in [-0.1, -0.05) is 158 Å². The number of fused-ring (bicyclic) bond motifs is 6. The average Bonchev–Trinajstić information content (AvgIpc) is 3.85. The third kappa shape index (κ3) is 5.60. The highest BCUT2D eigenvalue weighted by atomic mass is 32.1. The van der Waals surface area contributed by atoms with Gasteiger partial charge in [-0.15, -0.1) is 11.3 Å². The second-order valence-corrected chi connectivity index (χ2v) is 15.2. The number of amidine groups is 2. The van der Waals surface area contributed by atoms with Crippen molar-refractivity contribution in [3.05, 3.63) is 205 Å². The third-order valence-electron chi connectivity index (χ3n) is 10.8. The third-order valence-corrected chi connectivity index (χ3v) is 11.9. The molecular formula is C51H33N3OS. The molecule has 0 aliphatic carbocycles. The first-order valence-corrected chi connectivity index (χ1v) is 19.7. The van der Waals surface area contributed by atoms with E-state index in [2.05, 4.69) is 175 Å². The summed E-state index contributed by atoms with van der Waals surface area (Å²) in [5.74, 6) is 1.50. The monoisotopic (exact) mass is 735 g/mol. The van der Waals surface area contributed by atoms with E-state index in [1.165, 1.54) is 48.0 Å². The zero-order chi connectivity index (χ0) is 37.0. The molecule has 3 heterocycles. The minimum Gasteiger partial charge on any atom is -0.455 e. The molecule has 0 spiro atoms. The van der Waals surface area contributed by atoms with E-state index < -0.39 is 6.17 Å². The summed E-state index contributed by atoms with van der Waals surface area (Å²) in [6.45, 7) is 0. The molecule has 56 heavy (non-hydrogen) atoms. The van der Waals surface area contributed by atoms with Crippen molar-refractivity contribution < 1.29 is 4.42 Å². The van der Waals surface area contributed by atoms with Gasteiger partial charge < -0.3 is 9.73 Å². The van der Waals surface area contributed by atoms with Gasteiger partial charge in [-0.2, -0.15) is 0 Å². The Balaban J connectivity index is 1.06. The number of aliphatic imine (C=N–C) groups is 2. The van der Waals surface area contributed by atoms with E-state index >= 15 is 0 Å². The van der Waals surface area contributed by atoms with E-state index in [1.807, 2.05) is 29.5 Å². The summed E-state index contributed by atoms with van der Waals surface area (Å²) in [6, 6.07) is 66.3. The van der Waals surface area contributed by atoms with Gasteiger partial charge in [0.05, 0.1) is 5.56 Å². The van der Waals surface area contributed by atoms with Crippen molar-refractivity contribution in [1.82, 2.24) is 5.32 Å². The summed E-state index contributed by atoms with van der Waals surface area (Å²) in [7, 11) is 0. The van der Waals surface area contributed by atoms with Gasteiger partial charge in [-0.3, -0.25) is 0 Å². The molecule has 1 aliphatic heterocycles. The molecule has 0 bridgehead atoms. The number of nitrogens with zero attached hydrogens (tertiary/aromatic N) is 2. The molecule has 1 aliphatic rings. The predicted octanol–water partition coefficient (Wildman–Crippen LogP) is 13.5.